The van der Waals surface area contributed by atoms with Gasteiger partial charge in [-0.15, -0.1) is 0 Å². The van der Waals surface area contributed by atoms with Gasteiger partial charge in [0, 0.05) is 5.69 Å². The summed E-state index contributed by atoms with van der Waals surface area (Å²) in [6.45, 7) is 2.29. The summed E-state index contributed by atoms with van der Waals surface area (Å²) in [5.74, 6) is -1.92. The van der Waals surface area contributed by atoms with Crippen molar-refractivity contribution in [2.75, 3.05) is 11.9 Å². The third-order valence-electron chi connectivity index (χ3n) is 2.61. The number of halogens is 2. The number of anilines is 1. The van der Waals surface area contributed by atoms with Gasteiger partial charge in [0.1, 0.15) is 6.10 Å². The molecule has 2 nitrogen and oxygen atoms in total. The maximum atomic E-state index is 13.4. The first-order valence-electron chi connectivity index (χ1n) is 6.06. The van der Waals surface area contributed by atoms with Crippen molar-refractivity contribution in [1.82, 2.24) is 0 Å². The van der Waals surface area contributed by atoms with Gasteiger partial charge < -0.3 is 10.1 Å². The molecule has 1 unspecified atom stereocenters. The number of hydrogen-bond donors (Lipinski definition) is 1. The highest BCUT2D eigenvalue weighted by molar-refractivity contribution is 5.42. The smallest absolute Gasteiger partial charge is 0.200 e. The summed E-state index contributed by atoms with van der Waals surface area (Å²) in [6, 6.07) is 13.5. The van der Waals surface area contributed by atoms with E-state index in [9.17, 15) is 8.78 Å². The van der Waals surface area contributed by atoms with Crippen molar-refractivity contribution in [1.29, 1.82) is 0 Å². The minimum Gasteiger partial charge on any atom is -0.486 e. The van der Waals surface area contributed by atoms with Crippen LogP contribution in [-0.4, -0.2) is 12.6 Å². The molecule has 2 aromatic rings. The standard InChI is InChI=1S/C15H15F2NO/c1-11(10-18-12-6-3-2-4-7-12)19-14-9-5-8-13(16)15(14)17/h2-9,11,18H,10H2,1H3. The van der Waals surface area contributed by atoms with Gasteiger partial charge in [-0.3, -0.25) is 0 Å². The summed E-state index contributed by atoms with van der Waals surface area (Å²) < 4.78 is 31.8. The van der Waals surface area contributed by atoms with Gasteiger partial charge in [0.05, 0.1) is 6.54 Å². The molecule has 19 heavy (non-hydrogen) atoms. The molecular weight excluding hydrogens is 248 g/mol. The van der Waals surface area contributed by atoms with Crippen molar-refractivity contribution in [3.8, 4) is 5.75 Å². The average Bonchev–Trinajstić information content (AvgIpc) is 2.43. The number of hydrogen-bond acceptors (Lipinski definition) is 2. The lowest BCUT2D eigenvalue weighted by Gasteiger charge is -2.16. The zero-order valence-corrected chi connectivity index (χ0v) is 10.6. The van der Waals surface area contributed by atoms with Gasteiger partial charge in [0.25, 0.3) is 0 Å². The van der Waals surface area contributed by atoms with E-state index >= 15 is 0 Å². The molecule has 1 atom stereocenters. The summed E-state index contributed by atoms with van der Waals surface area (Å²) in [5, 5.41) is 3.16. The first-order chi connectivity index (χ1) is 9.16. The summed E-state index contributed by atoms with van der Waals surface area (Å²) in [6.07, 6.45) is -0.281. The van der Waals surface area contributed by atoms with E-state index in [1.54, 1.807) is 6.92 Å². The second kappa shape index (κ2) is 6.18. The highest BCUT2D eigenvalue weighted by Gasteiger charge is 2.11. The lowest BCUT2D eigenvalue weighted by molar-refractivity contribution is 0.221. The highest BCUT2D eigenvalue weighted by Crippen LogP contribution is 2.20. The Morgan fingerprint density at radius 3 is 2.53 bits per heavy atom. The second-order valence-corrected chi connectivity index (χ2v) is 4.23. The van der Waals surface area contributed by atoms with Gasteiger partial charge in [0.15, 0.2) is 11.6 Å². The van der Waals surface area contributed by atoms with E-state index in [1.807, 2.05) is 30.3 Å². The van der Waals surface area contributed by atoms with Crippen LogP contribution >= 0.6 is 0 Å². The molecule has 0 heterocycles. The van der Waals surface area contributed by atoms with Crippen LogP contribution < -0.4 is 10.1 Å². The minimum atomic E-state index is -0.950. The molecule has 2 rings (SSSR count). The normalized spacial score (nSPS) is 11.9. The van der Waals surface area contributed by atoms with Gasteiger partial charge in [0.2, 0.25) is 5.82 Å². The van der Waals surface area contributed by atoms with Crippen LogP contribution in [0.15, 0.2) is 48.5 Å². The van der Waals surface area contributed by atoms with Gasteiger partial charge >= 0.3 is 0 Å². The molecule has 0 fully saturated rings. The third-order valence-corrected chi connectivity index (χ3v) is 2.61. The van der Waals surface area contributed by atoms with Gasteiger partial charge in [-0.25, -0.2) is 4.39 Å². The molecule has 0 aliphatic carbocycles. The zero-order chi connectivity index (χ0) is 13.7. The van der Waals surface area contributed by atoms with Crippen molar-refractivity contribution in [2.45, 2.75) is 13.0 Å². The first kappa shape index (κ1) is 13.3. The Morgan fingerprint density at radius 1 is 1.05 bits per heavy atom. The predicted molar refractivity (Wildman–Crippen MR) is 71.4 cm³/mol. The van der Waals surface area contributed by atoms with Gasteiger partial charge in [-0.1, -0.05) is 24.3 Å². The predicted octanol–water partition coefficient (Wildman–Crippen LogP) is 3.84. The number of para-hydroxylation sites is 1. The quantitative estimate of drug-likeness (QED) is 0.884. The number of benzene rings is 2. The molecule has 0 aromatic heterocycles. The Balaban J connectivity index is 1.91. The SMILES string of the molecule is CC(CNc1ccccc1)Oc1cccc(F)c1F. The minimum absolute atomic E-state index is 0.0673. The Bertz CT molecular complexity index is 531. The Labute approximate surface area is 111 Å². The van der Waals surface area contributed by atoms with Crippen LogP contribution in [0.25, 0.3) is 0 Å². The van der Waals surface area contributed by atoms with E-state index in [-0.39, 0.29) is 11.9 Å². The fourth-order valence-electron chi connectivity index (χ4n) is 1.65. The Hall–Kier alpha value is -2.10. The lowest BCUT2D eigenvalue weighted by Crippen LogP contribution is -2.23. The van der Waals surface area contributed by atoms with Crippen molar-refractivity contribution in [3.05, 3.63) is 60.2 Å². The molecule has 4 heteroatoms. The molecular formula is C15H15F2NO. The molecule has 1 N–H and O–H groups in total. The molecule has 0 aliphatic heterocycles. The lowest BCUT2D eigenvalue weighted by atomic mass is 10.3. The van der Waals surface area contributed by atoms with Crippen LogP contribution in [0.3, 0.4) is 0 Å². The van der Waals surface area contributed by atoms with E-state index in [2.05, 4.69) is 5.32 Å². The van der Waals surface area contributed by atoms with Crippen molar-refractivity contribution in [3.63, 3.8) is 0 Å². The maximum Gasteiger partial charge on any atom is 0.200 e. The van der Waals surface area contributed by atoms with Crippen LogP contribution in [0.2, 0.25) is 0 Å². The second-order valence-electron chi connectivity index (χ2n) is 4.23. The molecule has 0 bridgehead atoms. The highest BCUT2D eigenvalue weighted by atomic mass is 19.2. The number of rotatable bonds is 5. The van der Waals surface area contributed by atoms with E-state index in [1.165, 1.54) is 12.1 Å². The Morgan fingerprint density at radius 2 is 1.79 bits per heavy atom. The fourth-order valence-corrected chi connectivity index (χ4v) is 1.65. The number of ether oxygens (including phenoxy) is 1. The molecule has 100 valence electrons. The third kappa shape index (κ3) is 3.68. The van der Waals surface area contributed by atoms with Crippen molar-refractivity contribution < 1.29 is 13.5 Å². The average molecular weight is 263 g/mol. The molecule has 0 amide bonds. The van der Waals surface area contributed by atoms with Gasteiger partial charge in [-0.2, -0.15) is 4.39 Å². The summed E-state index contributed by atoms with van der Waals surface area (Å²) in [7, 11) is 0. The summed E-state index contributed by atoms with van der Waals surface area (Å²) in [4.78, 5) is 0. The first-order valence-corrected chi connectivity index (χ1v) is 6.06. The van der Waals surface area contributed by atoms with E-state index in [4.69, 9.17) is 4.74 Å². The largest absolute Gasteiger partial charge is 0.486 e. The topological polar surface area (TPSA) is 21.3 Å². The van der Waals surface area contributed by atoms with Crippen LogP contribution in [0, 0.1) is 11.6 Å². The molecule has 0 saturated heterocycles. The molecule has 0 radical (unpaired) electrons. The molecule has 0 saturated carbocycles. The maximum absolute atomic E-state index is 13.4. The molecule has 0 aliphatic rings. The van der Waals surface area contributed by atoms with Crippen molar-refractivity contribution >= 4 is 5.69 Å². The zero-order valence-electron chi connectivity index (χ0n) is 10.6. The summed E-state index contributed by atoms with van der Waals surface area (Å²) >= 11 is 0. The molecule has 0 spiro atoms. The van der Waals surface area contributed by atoms with Crippen molar-refractivity contribution in [2.24, 2.45) is 0 Å². The Kier molecular flexibility index (Phi) is 4.34. The monoisotopic (exact) mass is 263 g/mol. The van der Waals surface area contributed by atoms with Crippen LogP contribution in [0.5, 0.6) is 5.75 Å². The number of nitrogens with one attached hydrogen (secondary N) is 1. The molecule has 2 aromatic carbocycles. The van der Waals surface area contributed by atoms with Gasteiger partial charge in [-0.05, 0) is 31.2 Å². The van der Waals surface area contributed by atoms with E-state index < -0.39 is 11.6 Å². The van der Waals surface area contributed by atoms with E-state index in [0.29, 0.717) is 6.54 Å². The van der Waals surface area contributed by atoms with Crippen LogP contribution in [0.4, 0.5) is 14.5 Å². The van der Waals surface area contributed by atoms with Crippen LogP contribution in [-0.2, 0) is 0 Å². The fraction of sp³-hybridized carbons (Fsp3) is 0.200. The van der Waals surface area contributed by atoms with Crippen LogP contribution in [0.1, 0.15) is 6.92 Å². The van der Waals surface area contributed by atoms with E-state index in [0.717, 1.165) is 11.8 Å². The summed E-state index contributed by atoms with van der Waals surface area (Å²) in [5.41, 5.74) is 0.956.